The average Bonchev–Trinajstić information content (AvgIpc) is 3.25. The molecule has 8 heteroatoms. The molecule has 2 N–H and O–H groups in total. The van der Waals surface area contributed by atoms with Crippen LogP contribution in [0.25, 0.3) is 0 Å². The second-order valence-corrected chi connectivity index (χ2v) is 9.06. The molecule has 2 aromatic rings. The number of nitrogens with one attached hydrogen (secondary N) is 2. The number of hydrogen-bond acceptors (Lipinski definition) is 5. The van der Waals surface area contributed by atoms with Crippen LogP contribution in [0, 0.1) is 5.92 Å². The fraction of sp³-hybridized carbons (Fsp3) is 0.350. The zero-order valence-corrected chi connectivity index (χ0v) is 16.9. The van der Waals surface area contributed by atoms with Gasteiger partial charge < -0.3 is 15.5 Å². The van der Waals surface area contributed by atoms with Gasteiger partial charge in [0.05, 0.1) is 12.2 Å². The minimum Gasteiger partial charge on any atom is -0.351 e. The van der Waals surface area contributed by atoms with E-state index in [1.165, 1.54) is 11.8 Å². The molecule has 2 aliphatic heterocycles. The zero-order valence-electron chi connectivity index (χ0n) is 15.2. The lowest BCUT2D eigenvalue weighted by Crippen LogP contribution is -2.49. The maximum Gasteiger partial charge on any atom is 0.247 e. The van der Waals surface area contributed by atoms with E-state index < -0.39 is 5.25 Å². The van der Waals surface area contributed by atoms with Gasteiger partial charge in [0.1, 0.15) is 0 Å². The first kappa shape index (κ1) is 19.0. The molecule has 146 valence electrons. The fourth-order valence-electron chi connectivity index (χ4n) is 3.47. The third-order valence-electron chi connectivity index (χ3n) is 5.05. The Morgan fingerprint density at radius 1 is 1.14 bits per heavy atom. The molecule has 0 bridgehead atoms. The largest absolute Gasteiger partial charge is 0.351 e. The van der Waals surface area contributed by atoms with Gasteiger partial charge in [0.25, 0.3) is 0 Å². The predicted octanol–water partition coefficient (Wildman–Crippen LogP) is 2.72. The molecule has 0 unspecified atom stereocenters. The van der Waals surface area contributed by atoms with Crippen LogP contribution < -0.4 is 10.6 Å². The molecule has 4 rings (SSSR count). The summed E-state index contributed by atoms with van der Waals surface area (Å²) in [4.78, 5) is 41.4. The van der Waals surface area contributed by atoms with Crippen molar-refractivity contribution in [2.75, 3.05) is 18.4 Å². The lowest BCUT2D eigenvalue weighted by Gasteiger charge is -2.34. The van der Waals surface area contributed by atoms with Crippen molar-refractivity contribution in [2.24, 2.45) is 5.92 Å². The number of benzene rings is 1. The molecule has 1 aromatic carbocycles. The highest BCUT2D eigenvalue weighted by molar-refractivity contribution is 8.01. The number of para-hydroxylation sites is 1. The Morgan fingerprint density at radius 3 is 2.68 bits per heavy atom. The number of anilines is 1. The molecule has 2 aliphatic rings. The van der Waals surface area contributed by atoms with Crippen LogP contribution in [0.3, 0.4) is 0 Å². The number of rotatable bonds is 4. The Labute approximate surface area is 171 Å². The summed E-state index contributed by atoms with van der Waals surface area (Å²) in [5.74, 6) is -0.490. The summed E-state index contributed by atoms with van der Waals surface area (Å²) in [5.41, 5.74) is 0.752. The van der Waals surface area contributed by atoms with Crippen LogP contribution >= 0.6 is 23.1 Å². The number of thiophene rings is 1. The molecule has 6 nitrogen and oxygen atoms in total. The normalized spacial score (nSPS) is 19.6. The maximum atomic E-state index is 12.9. The third kappa shape index (κ3) is 4.07. The van der Waals surface area contributed by atoms with E-state index in [1.807, 2.05) is 41.8 Å². The predicted molar refractivity (Wildman–Crippen MR) is 110 cm³/mol. The number of thioether (sulfide) groups is 1. The molecule has 1 aromatic heterocycles. The van der Waals surface area contributed by atoms with Gasteiger partial charge in [-0.1, -0.05) is 18.2 Å². The molecular formula is C20H21N3O3S2. The summed E-state index contributed by atoms with van der Waals surface area (Å²) in [6.07, 6.45) is 1.25. The Morgan fingerprint density at radius 2 is 1.93 bits per heavy atom. The molecule has 0 radical (unpaired) electrons. The summed E-state index contributed by atoms with van der Waals surface area (Å²) in [5, 5.41) is 7.02. The number of fused-ring (bicyclic) bond motifs is 1. The van der Waals surface area contributed by atoms with Crippen LogP contribution in [-0.4, -0.2) is 41.0 Å². The van der Waals surface area contributed by atoms with E-state index in [0.717, 1.165) is 15.5 Å². The maximum absolute atomic E-state index is 12.9. The van der Waals surface area contributed by atoms with Gasteiger partial charge in [-0.3, -0.25) is 14.4 Å². The first-order chi connectivity index (χ1) is 13.6. The highest BCUT2D eigenvalue weighted by Gasteiger charge is 2.37. The first-order valence-corrected chi connectivity index (χ1v) is 11.0. The number of carbonyl (C=O) groups excluding carboxylic acids is 3. The van der Waals surface area contributed by atoms with Crippen LogP contribution in [0.1, 0.15) is 17.7 Å². The van der Waals surface area contributed by atoms with Crippen molar-refractivity contribution in [1.29, 1.82) is 0 Å². The van der Waals surface area contributed by atoms with Gasteiger partial charge in [-0.2, -0.15) is 0 Å². The molecule has 1 saturated heterocycles. The summed E-state index contributed by atoms with van der Waals surface area (Å²) >= 11 is 2.92. The topological polar surface area (TPSA) is 78.5 Å². The number of piperidine rings is 1. The fourth-order valence-corrected chi connectivity index (χ4v) is 5.19. The SMILES string of the molecule is O=C(NCc1cccs1)C1CCN(C(=O)[C@H]2Sc3ccccc3NC2=O)CC1. The molecule has 28 heavy (non-hydrogen) atoms. The number of hydrogen-bond donors (Lipinski definition) is 2. The number of amides is 3. The summed E-state index contributed by atoms with van der Waals surface area (Å²) < 4.78 is 0. The molecule has 1 fully saturated rings. The Hall–Kier alpha value is -2.32. The van der Waals surface area contributed by atoms with E-state index in [-0.39, 0.29) is 23.6 Å². The van der Waals surface area contributed by atoms with E-state index in [9.17, 15) is 14.4 Å². The van der Waals surface area contributed by atoms with Crippen molar-refractivity contribution in [3.8, 4) is 0 Å². The Bertz CT molecular complexity index is 877. The first-order valence-electron chi connectivity index (χ1n) is 9.27. The van der Waals surface area contributed by atoms with E-state index in [4.69, 9.17) is 0 Å². The second-order valence-electron chi connectivity index (χ2n) is 6.88. The van der Waals surface area contributed by atoms with Crippen LogP contribution in [-0.2, 0) is 20.9 Å². The molecule has 0 saturated carbocycles. The van der Waals surface area contributed by atoms with Gasteiger partial charge in [0.2, 0.25) is 17.7 Å². The van der Waals surface area contributed by atoms with Crippen molar-refractivity contribution < 1.29 is 14.4 Å². The third-order valence-corrected chi connectivity index (χ3v) is 7.18. The number of likely N-dealkylation sites (tertiary alicyclic amines) is 1. The highest BCUT2D eigenvalue weighted by Crippen LogP contribution is 2.36. The second kappa shape index (κ2) is 8.36. The van der Waals surface area contributed by atoms with Crippen LogP contribution in [0.2, 0.25) is 0 Å². The summed E-state index contributed by atoms with van der Waals surface area (Å²) in [7, 11) is 0. The molecule has 0 aliphatic carbocycles. The molecular weight excluding hydrogens is 394 g/mol. The molecule has 1 atom stereocenters. The summed E-state index contributed by atoms with van der Waals surface area (Å²) in [6.45, 7) is 1.55. The zero-order chi connectivity index (χ0) is 19.5. The monoisotopic (exact) mass is 415 g/mol. The van der Waals surface area contributed by atoms with Crippen molar-refractivity contribution in [2.45, 2.75) is 29.5 Å². The van der Waals surface area contributed by atoms with E-state index in [1.54, 1.807) is 16.2 Å². The van der Waals surface area contributed by atoms with Gasteiger partial charge in [-0.05, 0) is 36.4 Å². The van der Waals surface area contributed by atoms with Crippen LogP contribution in [0.4, 0.5) is 5.69 Å². The quantitative estimate of drug-likeness (QED) is 0.753. The van der Waals surface area contributed by atoms with Crippen LogP contribution in [0.15, 0.2) is 46.7 Å². The van der Waals surface area contributed by atoms with E-state index in [2.05, 4.69) is 10.6 Å². The lowest BCUT2D eigenvalue weighted by molar-refractivity contribution is -0.137. The highest BCUT2D eigenvalue weighted by atomic mass is 32.2. The van der Waals surface area contributed by atoms with E-state index >= 15 is 0 Å². The van der Waals surface area contributed by atoms with Crippen molar-refractivity contribution in [3.63, 3.8) is 0 Å². The van der Waals surface area contributed by atoms with Gasteiger partial charge in [0, 0.05) is 28.8 Å². The van der Waals surface area contributed by atoms with Crippen molar-refractivity contribution in [3.05, 3.63) is 46.7 Å². The molecule has 0 spiro atoms. The number of carbonyl (C=O) groups is 3. The Kier molecular flexibility index (Phi) is 5.68. The summed E-state index contributed by atoms with van der Waals surface area (Å²) in [6, 6.07) is 11.5. The molecule has 3 heterocycles. The van der Waals surface area contributed by atoms with Crippen molar-refractivity contribution in [1.82, 2.24) is 10.2 Å². The standard InChI is InChI=1S/C20H21N3O3S2/c24-18(21-12-14-4-3-11-27-14)13-7-9-23(10-8-13)20(26)17-19(25)22-15-5-1-2-6-16(15)28-17/h1-6,11,13,17H,7-10,12H2,(H,21,24)(H,22,25)/t17-/m0/s1. The minimum absolute atomic E-state index is 0.0409. The lowest BCUT2D eigenvalue weighted by atomic mass is 9.95. The average molecular weight is 416 g/mol. The Balaban J connectivity index is 1.30. The number of nitrogens with zero attached hydrogens (tertiary/aromatic N) is 1. The van der Waals surface area contributed by atoms with E-state index in [0.29, 0.717) is 32.5 Å². The smallest absolute Gasteiger partial charge is 0.247 e. The molecule has 3 amide bonds. The van der Waals surface area contributed by atoms with Gasteiger partial charge in [0.15, 0.2) is 5.25 Å². The van der Waals surface area contributed by atoms with Gasteiger partial charge in [-0.25, -0.2) is 0 Å². The van der Waals surface area contributed by atoms with Gasteiger partial charge in [-0.15, -0.1) is 23.1 Å². The van der Waals surface area contributed by atoms with Crippen LogP contribution in [0.5, 0.6) is 0 Å². The minimum atomic E-state index is -0.765. The van der Waals surface area contributed by atoms with Crippen molar-refractivity contribution >= 4 is 46.5 Å². The van der Waals surface area contributed by atoms with Gasteiger partial charge >= 0.3 is 0 Å².